The average Bonchev–Trinajstić information content (AvgIpc) is 2.63. The second-order valence-corrected chi connectivity index (χ2v) is 6.98. The first-order chi connectivity index (χ1) is 12.4. The van der Waals surface area contributed by atoms with Crippen molar-refractivity contribution in [2.75, 3.05) is 6.61 Å². The highest BCUT2D eigenvalue weighted by Crippen LogP contribution is 2.28. The first-order valence-corrected chi connectivity index (χ1v) is 9.60. The normalized spacial score (nSPS) is 31.8. The van der Waals surface area contributed by atoms with Crippen molar-refractivity contribution >= 4 is 5.97 Å². The van der Waals surface area contributed by atoms with Gasteiger partial charge in [-0.15, -0.1) is 0 Å². The summed E-state index contributed by atoms with van der Waals surface area (Å²) in [5, 5.41) is 48.1. The van der Waals surface area contributed by atoms with Crippen molar-refractivity contribution in [1.82, 2.24) is 0 Å². The lowest BCUT2D eigenvalue weighted by atomic mass is 9.96. The number of hydrogen-bond donors (Lipinski definition) is 5. The van der Waals surface area contributed by atoms with E-state index in [0.29, 0.717) is 6.42 Å². The van der Waals surface area contributed by atoms with Gasteiger partial charge in [-0.05, 0) is 6.42 Å². The van der Waals surface area contributed by atoms with Gasteiger partial charge in [-0.3, -0.25) is 4.79 Å². The van der Waals surface area contributed by atoms with Crippen LogP contribution in [-0.4, -0.2) is 68.5 Å². The zero-order valence-electron chi connectivity index (χ0n) is 15.5. The van der Waals surface area contributed by atoms with Crippen molar-refractivity contribution in [2.45, 2.75) is 102 Å². The first-order valence-electron chi connectivity index (χ1n) is 9.60. The standard InChI is InChI=1S/C18H34O8/c1-2-3-4-5-6-7-8-9-10-11-13(20)25-17-15(22)14(21)16(23)18(24,12-19)26-17/h14-17,19,21-24H,2-12H2,1H3/t14-,15+,16+,17?,18+/m1/s1. The Morgan fingerprint density at radius 2 is 1.50 bits per heavy atom. The molecule has 0 aromatic heterocycles. The van der Waals surface area contributed by atoms with E-state index in [1.54, 1.807) is 0 Å². The molecule has 1 heterocycles. The van der Waals surface area contributed by atoms with Crippen molar-refractivity contribution in [3.8, 4) is 0 Å². The number of aliphatic hydroxyl groups excluding tert-OH is 4. The molecule has 1 aliphatic rings. The third-order valence-electron chi connectivity index (χ3n) is 4.69. The molecule has 26 heavy (non-hydrogen) atoms. The van der Waals surface area contributed by atoms with Crippen LogP contribution >= 0.6 is 0 Å². The fourth-order valence-electron chi connectivity index (χ4n) is 2.95. The van der Waals surface area contributed by atoms with Gasteiger partial charge in [0, 0.05) is 6.42 Å². The molecule has 0 aromatic carbocycles. The van der Waals surface area contributed by atoms with Crippen LogP contribution in [0, 0.1) is 0 Å². The van der Waals surface area contributed by atoms with E-state index in [9.17, 15) is 25.2 Å². The van der Waals surface area contributed by atoms with Gasteiger partial charge in [-0.25, -0.2) is 0 Å². The number of aliphatic hydroxyl groups is 5. The molecule has 0 bridgehead atoms. The van der Waals surface area contributed by atoms with E-state index in [1.807, 2.05) is 0 Å². The minimum absolute atomic E-state index is 0.124. The molecule has 0 amide bonds. The quantitative estimate of drug-likeness (QED) is 0.246. The molecule has 0 spiro atoms. The molecule has 8 heteroatoms. The minimum Gasteiger partial charge on any atom is -0.433 e. The van der Waals surface area contributed by atoms with E-state index in [4.69, 9.17) is 14.6 Å². The third kappa shape index (κ3) is 7.09. The summed E-state index contributed by atoms with van der Waals surface area (Å²) in [6, 6.07) is 0. The molecule has 1 unspecified atom stereocenters. The van der Waals surface area contributed by atoms with Crippen molar-refractivity contribution in [1.29, 1.82) is 0 Å². The van der Waals surface area contributed by atoms with Gasteiger partial charge in [0.15, 0.2) is 0 Å². The molecule has 8 nitrogen and oxygen atoms in total. The highest BCUT2D eigenvalue weighted by Gasteiger charge is 2.53. The van der Waals surface area contributed by atoms with Crippen LogP contribution in [0.4, 0.5) is 0 Å². The second-order valence-electron chi connectivity index (χ2n) is 6.98. The highest BCUT2D eigenvalue weighted by atomic mass is 16.8. The molecule has 154 valence electrons. The predicted octanol–water partition coefficient (Wildman–Crippen LogP) is 0.570. The van der Waals surface area contributed by atoms with E-state index in [0.717, 1.165) is 19.3 Å². The zero-order chi connectivity index (χ0) is 19.6. The van der Waals surface area contributed by atoms with Gasteiger partial charge in [0.05, 0.1) is 6.61 Å². The van der Waals surface area contributed by atoms with Gasteiger partial charge < -0.3 is 35.0 Å². The number of rotatable bonds is 12. The first kappa shape index (κ1) is 23.3. The molecule has 1 aliphatic heterocycles. The number of carbonyl (C=O) groups excluding carboxylic acids is 1. The van der Waals surface area contributed by atoms with Crippen LogP contribution in [-0.2, 0) is 14.3 Å². The summed E-state index contributed by atoms with van der Waals surface area (Å²) in [5.41, 5.74) is 0. The van der Waals surface area contributed by atoms with Gasteiger partial charge >= 0.3 is 5.97 Å². The van der Waals surface area contributed by atoms with Crippen LogP contribution in [0.25, 0.3) is 0 Å². The summed E-state index contributed by atoms with van der Waals surface area (Å²) in [6.07, 6.45) is 2.93. The summed E-state index contributed by atoms with van der Waals surface area (Å²) in [4.78, 5) is 11.8. The van der Waals surface area contributed by atoms with Crippen LogP contribution in [0.3, 0.4) is 0 Å². The topological polar surface area (TPSA) is 137 Å². The number of carbonyl (C=O) groups is 1. The Hall–Kier alpha value is -0.770. The van der Waals surface area contributed by atoms with E-state index in [2.05, 4.69) is 6.92 Å². The molecule has 1 saturated heterocycles. The van der Waals surface area contributed by atoms with Gasteiger partial charge in [0.25, 0.3) is 0 Å². The Balaban J connectivity index is 2.24. The monoisotopic (exact) mass is 378 g/mol. The summed E-state index contributed by atoms with van der Waals surface area (Å²) in [5.74, 6) is -3.14. The Labute approximate surface area is 154 Å². The smallest absolute Gasteiger partial charge is 0.308 e. The largest absolute Gasteiger partial charge is 0.433 e. The van der Waals surface area contributed by atoms with E-state index in [-0.39, 0.29) is 6.42 Å². The third-order valence-corrected chi connectivity index (χ3v) is 4.69. The lowest BCUT2D eigenvalue weighted by molar-refractivity contribution is -0.390. The summed E-state index contributed by atoms with van der Waals surface area (Å²) < 4.78 is 9.82. The molecule has 0 saturated carbocycles. The Kier molecular flexibility index (Phi) is 10.6. The average molecular weight is 378 g/mol. The SMILES string of the molecule is CCCCCCCCCCCC(=O)OC1O[C@@](O)(CO)[C@@H](O)[C@H](O)[C@@H]1O. The maximum absolute atomic E-state index is 11.8. The number of unbranched alkanes of at least 4 members (excludes halogenated alkanes) is 8. The summed E-state index contributed by atoms with van der Waals surface area (Å²) in [7, 11) is 0. The maximum atomic E-state index is 11.8. The molecule has 1 rings (SSSR count). The lowest BCUT2D eigenvalue weighted by Crippen LogP contribution is -2.66. The fourth-order valence-corrected chi connectivity index (χ4v) is 2.95. The van der Waals surface area contributed by atoms with E-state index >= 15 is 0 Å². The molecule has 5 atom stereocenters. The van der Waals surface area contributed by atoms with Crippen molar-refractivity contribution in [3.63, 3.8) is 0 Å². The molecule has 1 fully saturated rings. The Bertz CT molecular complexity index is 405. The maximum Gasteiger partial charge on any atom is 0.308 e. The molecular formula is C18H34O8. The molecule has 0 aliphatic carbocycles. The summed E-state index contributed by atoms with van der Waals surface area (Å²) >= 11 is 0. The van der Waals surface area contributed by atoms with Gasteiger partial charge in [0.1, 0.15) is 18.3 Å². The molecule has 5 N–H and O–H groups in total. The van der Waals surface area contributed by atoms with Crippen molar-refractivity contribution in [2.24, 2.45) is 0 Å². The van der Waals surface area contributed by atoms with Gasteiger partial charge in [-0.2, -0.15) is 0 Å². The Morgan fingerprint density at radius 3 is 2.04 bits per heavy atom. The molecule has 0 aromatic rings. The van der Waals surface area contributed by atoms with Crippen LogP contribution in [0.2, 0.25) is 0 Å². The van der Waals surface area contributed by atoms with Crippen molar-refractivity contribution < 1.29 is 39.8 Å². The van der Waals surface area contributed by atoms with Crippen LogP contribution in [0.15, 0.2) is 0 Å². The predicted molar refractivity (Wildman–Crippen MR) is 92.9 cm³/mol. The van der Waals surface area contributed by atoms with Gasteiger partial charge in [-0.1, -0.05) is 58.3 Å². The number of ether oxygens (including phenoxy) is 2. The fraction of sp³-hybridized carbons (Fsp3) is 0.944. The summed E-state index contributed by atoms with van der Waals surface area (Å²) in [6.45, 7) is 1.16. The van der Waals surface area contributed by atoms with Crippen LogP contribution in [0.1, 0.15) is 71.1 Å². The number of esters is 1. The second kappa shape index (κ2) is 11.8. The molecule has 0 radical (unpaired) electrons. The van der Waals surface area contributed by atoms with Crippen molar-refractivity contribution in [3.05, 3.63) is 0 Å². The Morgan fingerprint density at radius 1 is 0.962 bits per heavy atom. The highest BCUT2D eigenvalue weighted by molar-refractivity contribution is 5.69. The van der Waals surface area contributed by atoms with E-state index < -0.39 is 43.0 Å². The van der Waals surface area contributed by atoms with Crippen LogP contribution in [0.5, 0.6) is 0 Å². The lowest BCUT2D eigenvalue weighted by Gasteiger charge is -2.43. The molecular weight excluding hydrogens is 344 g/mol. The minimum atomic E-state index is -2.50. The van der Waals surface area contributed by atoms with E-state index in [1.165, 1.54) is 32.1 Å². The van der Waals surface area contributed by atoms with Gasteiger partial charge in [0.2, 0.25) is 12.1 Å². The zero-order valence-corrected chi connectivity index (χ0v) is 15.5. The number of hydrogen-bond acceptors (Lipinski definition) is 8. The van der Waals surface area contributed by atoms with Crippen LogP contribution < -0.4 is 0 Å².